The fourth-order valence-corrected chi connectivity index (χ4v) is 3.01. The number of hydrogen-bond donors (Lipinski definition) is 0. The van der Waals surface area contributed by atoms with Crippen LogP contribution in [0.2, 0.25) is 0 Å². The Morgan fingerprint density at radius 1 is 1.27 bits per heavy atom. The van der Waals surface area contributed by atoms with E-state index < -0.39 is 17.4 Å². The molecule has 0 saturated heterocycles. The molecule has 1 fully saturated rings. The van der Waals surface area contributed by atoms with Gasteiger partial charge in [0.2, 0.25) is 0 Å². The van der Waals surface area contributed by atoms with Crippen molar-refractivity contribution >= 4 is 11.9 Å². The Morgan fingerprint density at radius 2 is 1.82 bits per heavy atom. The van der Waals surface area contributed by atoms with Crippen molar-refractivity contribution in [1.82, 2.24) is 0 Å². The van der Waals surface area contributed by atoms with Crippen molar-refractivity contribution in [1.29, 1.82) is 0 Å². The lowest BCUT2D eigenvalue weighted by atomic mass is 9.83. The van der Waals surface area contributed by atoms with Crippen LogP contribution in [0.3, 0.4) is 0 Å². The maximum Gasteiger partial charge on any atom is 0.323 e. The molecule has 0 N–H and O–H groups in total. The van der Waals surface area contributed by atoms with E-state index in [4.69, 9.17) is 9.47 Å². The molecule has 22 heavy (non-hydrogen) atoms. The minimum absolute atomic E-state index is 0.0521. The monoisotopic (exact) mass is 306 g/mol. The molecule has 1 rings (SSSR count). The summed E-state index contributed by atoms with van der Waals surface area (Å²) in [6.07, 6.45) is 4.45. The van der Waals surface area contributed by atoms with Crippen LogP contribution in [-0.2, 0) is 19.1 Å². The molecule has 0 radical (unpaired) electrons. The van der Waals surface area contributed by atoms with E-state index in [2.05, 4.69) is 33.1 Å². The van der Waals surface area contributed by atoms with Crippen LogP contribution in [0.25, 0.3) is 0 Å². The van der Waals surface area contributed by atoms with Crippen LogP contribution in [-0.4, -0.2) is 26.2 Å². The second-order valence-corrected chi connectivity index (χ2v) is 6.14. The maximum atomic E-state index is 12.2. The quantitative estimate of drug-likeness (QED) is 0.427. The molecule has 0 aromatic carbocycles. The molecule has 122 valence electrons. The van der Waals surface area contributed by atoms with Crippen molar-refractivity contribution in [3.63, 3.8) is 0 Å². The van der Waals surface area contributed by atoms with Gasteiger partial charge in [0, 0.05) is 5.92 Å². The molecule has 0 heterocycles. The lowest BCUT2D eigenvalue weighted by molar-refractivity contribution is -0.168. The first kappa shape index (κ1) is 18.2. The van der Waals surface area contributed by atoms with E-state index in [0.29, 0.717) is 6.42 Å². The summed E-state index contributed by atoms with van der Waals surface area (Å²) in [5.74, 6) is -1.16. The fraction of sp³-hybridized carbons (Fsp3) is 0.556. The van der Waals surface area contributed by atoms with Gasteiger partial charge in [0.1, 0.15) is 0 Å². The molecular formula is C18H26O4. The second kappa shape index (κ2) is 7.43. The van der Waals surface area contributed by atoms with Crippen LogP contribution in [0.15, 0.2) is 36.0 Å². The Bertz CT molecular complexity index is 493. The minimum atomic E-state index is -1.27. The number of carbonyl (C=O) groups excluding carboxylic acids is 2. The number of esters is 2. The molecule has 0 aromatic rings. The average Bonchev–Trinajstić information content (AvgIpc) is 2.84. The van der Waals surface area contributed by atoms with Gasteiger partial charge >= 0.3 is 11.9 Å². The Balaban J connectivity index is 2.91. The van der Waals surface area contributed by atoms with Gasteiger partial charge in [-0.1, -0.05) is 36.0 Å². The standard InChI is InChI=1S/C18H26O4/c1-12(2)8-7-9-13(3)15-11-18(10-14(15)4,16(19)21-5)17(20)22-6/h8,15H,3-4,7,9-11H2,1-2,5-6H3. The third-order valence-electron chi connectivity index (χ3n) is 4.24. The molecule has 0 aromatic heterocycles. The van der Waals surface area contributed by atoms with Crippen molar-refractivity contribution in [2.24, 2.45) is 11.3 Å². The van der Waals surface area contributed by atoms with Gasteiger partial charge in [0.15, 0.2) is 5.41 Å². The predicted molar refractivity (Wildman–Crippen MR) is 86.1 cm³/mol. The van der Waals surface area contributed by atoms with Crippen LogP contribution in [0.1, 0.15) is 39.5 Å². The van der Waals surface area contributed by atoms with Crippen molar-refractivity contribution < 1.29 is 19.1 Å². The van der Waals surface area contributed by atoms with Gasteiger partial charge in [-0.3, -0.25) is 9.59 Å². The van der Waals surface area contributed by atoms with Crippen molar-refractivity contribution in [3.05, 3.63) is 36.0 Å². The van der Waals surface area contributed by atoms with Crippen LogP contribution in [0.4, 0.5) is 0 Å². The molecule has 4 heteroatoms. The highest BCUT2D eigenvalue weighted by Crippen LogP contribution is 2.49. The average molecular weight is 306 g/mol. The topological polar surface area (TPSA) is 52.6 Å². The summed E-state index contributed by atoms with van der Waals surface area (Å²) in [5, 5.41) is 0. The highest BCUT2D eigenvalue weighted by molar-refractivity contribution is 6.01. The van der Waals surface area contributed by atoms with Gasteiger partial charge in [0.25, 0.3) is 0 Å². The molecular weight excluding hydrogens is 280 g/mol. The molecule has 1 atom stereocenters. The molecule has 0 spiro atoms. The first-order valence-corrected chi connectivity index (χ1v) is 7.44. The largest absolute Gasteiger partial charge is 0.468 e. The lowest BCUT2D eigenvalue weighted by Gasteiger charge is -2.23. The fourth-order valence-electron chi connectivity index (χ4n) is 3.01. The summed E-state index contributed by atoms with van der Waals surface area (Å²) in [6.45, 7) is 12.3. The first-order chi connectivity index (χ1) is 10.3. The van der Waals surface area contributed by atoms with E-state index in [-0.39, 0.29) is 12.3 Å². The Morgan fingerprint density at radius 3 is 2.27 bits per heavy atom. The van der Waals surface area contributed by atoms with Crippen LogP contribution >= 0.6 is 0 Å². The zero-order valence-electron chi connectivity index (χ0n) is 14.0. The minimum Gasteiger partial charge on any atom is -0.468 e. The molecule has 0 aliphatic heterocycles. The predicted octanol–water partition coefficient (Wildman–Crippen LogP) is 3.59. The van der Waals surface area contributed by atoms with E-state index in [9.17, 15) is 9.59 Å². The summed E-state index contributed by atoms with van der Waals surface area (Å²) >= 11 is 0. The first-order valence-electron chi connectivity index (χ1n) is 7.44. The van der Waals surface area contributed by atoms with Gasteiger partial charge in [-0.05, 0) is 39.5 Å². The number of carbonyl (C=O) groups is 2. The van der Waals surface area contributed by atoms with Gasteiger partial charge in [-0.15, -0.1) is 0 Å². The number of hydrogen-bond acceptors (Lipinski definition) is 4. The van der Waals surface area contributed by atoms with Crippen LogP contribution < -0.4 is 0 Å². The van der Waals surface area contributed by atoms with Gasteiger partial charge < -0.3 is 9.47 Å². The zero-order chi connectivity index (χ0) is 16.9. The van der Waals surface area contributed by atoms with E-state index >= 15 is 0 Å². The molecule has 1 aliphatic rings. The molecule has 1 unspecified atom stereocenters. The Hall–Kier alpha value is -1.84. The van der Waals surface area contributed by atoms with Gasteiger partial charge in [0.05, 0.1) is 14.2 Å². The molecule has 1 aliphatic carbocycles. The second-order valence-electron chi connectivity index (χ2n) is 6.14. The van der Waals surface area contributed by atoms with Crippen LogP contribution in [0, 0.1) is 11.3 Å². The smallest absolute Gasteiger partial charge is 0.323 e. The summed E-state index contributed by atoms with van der Waals surface area (Å²) in [7, 11) is 2.57. The molecule has 1 saturated carbocycles. The van der Waals surface area contributed by atoms with E-state index in [0.717, 1.165) is 24.0 Å². The van der Waals surface area contributed by atoms with E-state index in [1.54, 1.807) is 0 Å². The van der Waals surface area contributed by atoms with Gasteiger partial charge in [-0.25, -0.2) is 0 Å². The Kier molecular flexibility index (Phi) is 6.15. The number of allylic oxidation sites excluding steroid dienone is 4. The summed E-state index contributed by atoms with van der Waals surface area (Å²) in [4.78, 5) is 24.3. The number of rotatable bonds is 6. The molecule has 0 amide bonds. The summed E-state index contributed by atoms with van der Waals surface area (Å²) in [5.41, 5.74) is 1.83. The number of methoxy groups -OCH3 is 2. The van der Waals surface area contributed by atoms with Crippen molar-refractivity contribution in [2.45, 2.75) is 39.5 Å². The van der Waals surface area contributed by atoms with Gasteiger partial charge in [-0.2, -0.15) is 0 Å². The zero-order valence-corrected chi connectivity index (χ0v) is 14.0. The third kappa shape index (κ3) is 3.67. The lowest BCUT2D eigenvalue weighted by Crippen LogP contribution is -2.39. The highest BCUT2D eigenvalue weighted by atomic mass is 16.5. The van der Waals surface area contributed by atoms with Crippen LogP contribution in [0.5, 0.6) is 0 Å². The number of ether oxygens (including phenoxy) is 2. The molecule has 0 bridgehead atoms. The van der Waals surface area contributed by atoms with Crippen molar-refractivity contribution in [2.75, 3.05) is 14.2 Å². The van der Waals surface area contributed by atoms with Crippen molar-refractivity contribution in [3.8, 4) is 0 Å². The summed E-state index contributed by atoms with van der Waals surface area (Å²) < 4.78 is 9.66. The SMILES string of the molecule is C=C(CCC=C(C)C)C1CC(C(=O)OC)(C(=O)OC)CC1=C. The normalized spacial score (nSPS) is 19.5. The summed E-state index contributed by atoms with van der Waals surface area (Å²) in [6, 6.07) is 0. The highest BCUT2D eigenvalue weighted by Gasteiger charge is 2.55. The maximum absolute atomic E-state index is 12.2. The van der Waals surface area contributed by atoms with E-state index in [1.165, 1.54) is 19.8 Å². The van der Waals surface area contributed by atoms with E-state index in [1.807, 2.05) is 0 Å². The molecule has 4 nitrogen and oxygen atoms in total. The third-order valence-corrected chi connectivity index (χ3v) is 4.24. The Labute approximate surface area is 132 Å².